The predicted octanol–water partition coefficient (Wildman–Crippen LogP) is 3.04. The Morgan fingerprint density at radius 1 is 1.44 bits per heavy atom. The standard InChI is InChI=1S/C10H13Br2NO2S/c11-4-7-15-6-1-5-13-10(14)8-2-3-9(12)16-8/h2-3H,1,4-7H2,(H,13,14). The normalized spacial score (nSPS) is 10.4. The van der Waals surface area contributed by atoms with Crippen LogP contribution < -0.4 is 5.32 Å². The first-order valence-corrected chi connectivity index (χ1v) is 7.64. The summed E-state index contributed by atoms with van der Waals surface area (Å²) in [5.41, 5.74) is 0. The minimum Gasteiger partial charge on any atom is -0.381 e. The SMILES string of the molecule is O=C(NCCCOCCBr)c1ccc(Br)s1. The highest BCUT2D eigenvalue weighted by atomic mass is 79.9. The monoisotopic (exact) mass is 369 g/mol. The van der Waals surface area contributed by atoms with Crippen LogP contribution in [-0.2, 0) is 4.74 Å². The van der Waals surface area contributed by atoms with E-state index in [0.29, 0.717) is 19.8 Å². The van der Waals surface area contributed by atoms with Gasteiger partial charge in [0.25, 0.3) is 5.91 Å². The Balaban J connectivity index is 2.11. The van der Waals surface area contributed by atoms with Crippen molar-refractivity contribution in [1.82, 2.24) is 5.32 Å². The maximum absolute atomic E-state index is 11.6. The van der Waals surface area contributed by atoms with Crippen molar-refractivity contribution in [3.8, 4) is 0 Å². The second-order valence-corrected chi connectivity index (χ2v) is 6.27. The highest BCUT2D eigenvalue weighted by molar-refractivity contribution is 9.11. The molecule has 90 valence electrons. The maximum atomic E-state index is 11.6. The number of carbonyl (C=O) groups is 1. The van der Waals surface area contributed by atoms with Gasteiger partial charge in [-0.05, 0) is 34.5 Å². The Hall–Kier alpha value is 0.0900. The zero-order valence-corrected chi connectivity index (χ0v) is 12.7. The fourth-order valence-corrected chi connectivity index (χ4v) is 2.59. The van der Waals surface area contributed by atoms with Gasteiger partial charge in [0.15, 0.2) is 0 Å². The molecule has 3 nitrogen and oxygen atoms in total. The van der Waals surface area contributed by atoms with Gasteiger partial charge in [-0.15, -0.1) is 11.3 Å². The van der Waals surface area contributed by atoms with E-state index in [2.05, 4.69) is 37.2 Å². The maximum Gasteiger partial charge on any atom is 0.261 e. The van der Waals surface area contributed by atoms with Crippen molar-refractivity contribution in [3.63, 3.8) is 0 Å². The molecule has 0 aliphatic heterocycles. The van der Waals surface area contributed by atoms with Crippen molar-refractivity contribution in [2.75, 3.05) is 25.1 Å². The van der Waals surface area contributed by atoms with Gasteiger partial charge in [-0.2, -0.15) is 0 Å². The second-order valence-electron chi connectivity index (χ2n) is 3.01. The predicted molar refractivity (Wildman–Crippen MR) is 73.6 cm³/mol. The Bertz CT molecular complexity index is 330. The molecule has 0 bridgehead atoms. The lowest BCUT2D eigenvalue weighted by molar-refractivity contribution is 0.0948. The number of carbonyl (C=O) groups excluding carboxylic acids is 1. The first kappa shape index (κ1) is 14.2. The van der Waals surface area contributed by atoms with Crippen LogP contribution in [0.15, 0.2) is 15.9 Å². The van der Waals surface area contributed by atoms with Crippen molar-refractivity contribution < 1.29 is 9.53 Å². The van der Waals surface area contributed by atoms with Gasteiger partial charge in [0.05, 0.1) is 15.3 Å². The molecule has 0 aromatic carbocycles. The van der Waals surface area contributed by atoms with Crippen LogP contribution >= 0.6 is 43.2 Å². The minimum atomic E-state index is -0.0174. The van der Waals surface area contributed by atoms with Crippen LogP contribution in [-0.4, -0.2) is 31.0 Å². The molecule has 0 unspecified atom stereocenters. The summed E-state index contributed by atoms with van der Waals surface area (Å²) in [4.78, 5) is 12.3. The molecular formula is C10H13Br2NO2S. The third-order valence-electron chi connectivity index (χ3n) is 1.77. The molecular weight excluding hydrogens is 358 g/mol. The molecule has 0 saturated carbocycles. The Morgan fingerprint density at radius 2 is 2.25 bits per heavy atom. The van der Waals surface area contributed by atoms with Gasteiger partial charge in [-0.1, -0.05) is 15.9 Å². The lowest BCUT2D eigenvalue weighted by atomic mass is 10.4. The van der Waals surface area contributed by atoms with Crippen LogP contribution in [0.5, 0.6) is 0 Å². The van der Waals surface area contributed by atoms with Crippen molar-refractivity contribution in [1.29, 1.82) is 0 Å². The van der Waals surface area contributed by atoms with Crippen molar-refractivity contribution in [3.05, 3.63) is 20.8 Å². The average Bonchev–Trinajstić information content (AvgIpc) is 2.70. The van der Waals surface area contributed by atoms with Crippen LogP contribution in [0.3, 0.4) is 0 Å². The number of halogens is 2. The molecule has 1 heterocycles. The zero-order valence-electron chi connectivity index (χ0n) is 8.67. The summed E-state index contributed by atoms with van der Waals surface area (Å²) in [5, 5.41) is 3.70. The lowest BCUT2D eigenvalue weighted by Crippen LogP contribution is -2.24. The highest BCUT2D eigenvalue weighted by Gasteiger charge is 2.06. The molecule has 0 aliphatic rings. The molecule has 0 radical (unpaired) electrons. The van der Waals surface area contributed by atoms with Gasteiger partial charge in [0, 0.05) is 18.5 Å². The first-order valence-electron chi connectivity index (χ1n) is 4.91. The van der Waals surface area contributed by atoms with Gasteiger partial charge in [-0.25, -0.2) is 0 Å². The molecule has 0 fully saturated rings. The van der Waals surface area contributed by atoms with E-state index in [1.807, 2.05) is 12.1 Å². The summed E-state index contributed by atoms with van der Waals surface area (Å²) in [6.45, 7) is 2.04. The number of hydrogen-bond donors (Lipinski definition) is 1. The summed E-state index contributed by atoms with van der Waals surface area (Å²) in [6, 6.07) is 3.68. The lowest BCUT2D eigenvalue weighted by Gasteiger charge is -2.03. The van der Waals surface area contributed by atoms with E-state index in [1.165, 1.54) is 11.3 Å². The molecule has 6 heteroatoms. The van der Waals surface area contributed by atoms with Gasteiger partial charge in [-0.3, -0.25) is 4.79 Å². The fourth-order valence-electron chi connectivity index (χ4n) is 1.06. The Morgan fingerprint density at radius 3 is 2.88 bits per heavy atom. The Kier molecular flexibility index (Phi) is 7.27. The van der Waals surface area contributed by atoms with E-state index in [-0.39, 0.29) is 5.91 Å². The number of rotatable bonds is 7. The number of alkyl halides is 1. The van der Waals surface area contributed by atoms with Crippen molar-refractivity contribution >= 4 is 49.1 Å². The van der Waals surface area contributed by atoms with Gasteiger partial charge in [0.1, 0.15) is 0 Å². The molecule has 0 atom stereocenters. The smallest absolute Gasteiger partial charge is 0.261 e. The zero-order chi connectivity index (χ0) is 11.8. The van der Waals surface area contributed by atoms with Crippen molar-refractivity contribution in [2.45, 2.75) is 6.42 Å². The average molecular weight is 371 g/mol. The third kappa shape index (κ3) is 5.43. The number of ether oxygens (including phenoxy) is 1. The summed E-state index contributed by atoms with van der Waals surface area (Å²) < 4.78 is 6.24. The molecule has 1 aromatic heterocycles. The summed E-state index contributed by atoms with van der Waals surface area (Å²) >= 11 is 8.04. The van der Waals surface area contributed by atoms with Gasteiger partial charge >= 0.3 is 0 Å². The van der Waals surface area contributed by atoms with Gasteiger partial charge in [0.2, 0.25) is 0 Å². The molecule has 16 heavy (non-hydrogen) atoms. The molecule has 1 rings (SSSR count). The van der Waals surface area contributed by atoms with Crippen LogP contribution in [0, 0.1) is 0 Å². The van der Waals surface area contributed by atoms with E-state index < -0.39 is 0 Å². The molecule has 0 spiro atoms. The quantitative estimate of drug-likeness (QED) is 0.591. The van der Waals surface area contributed by atoms with Crippen LogP contribution in [0.1, 0.15) is 16.1 Å². The molecule has 0 aliphatic carbocycles. The van der Waals surface area contributed by atoms with E-state index >= 15 is 0 Å². The number of amides is 1. The number of thiophene rings is 1. The number of nitrogens with one attached hydrogen (secondary N) is 1. The molecule has 1 N–H and O–H groups in total. The molecule has 0 saturated heterocycles. The molecule has 1 amide bonds. The van der Waals surface area contributed by atoms with Crippen LogP contribution in [0.25, 0.3) is 0 Å². The van der Waals surface area contributed by atoms with E-state index in [4.69, 9.17) is 4.74 Å². The highest BCUT2D eigenvalue weighted by Crippen LogP contribution is 2.21. The van der Waals surface area contributed by atoms with Gasteiger partial charge < -0.3 is 10.1 Å². The van der Waals surface area contributed by atoms with E-state index in [1.54, 1.807) is 0 Å². The van der Waals surface area contributed by atoms with Crippen LogP contribution in [0.4, 0.5) is 0 Å². The fraction of sp³-hybridized carbons (Fsp3) is 0.500. The minimum absolute atomic E-state index is 0.0174. The van der Waals surface area contributed by atoms with Crippen molar-refractivity contribution in [2.24, 2.45) is 0 Å². The number of hydrogen-bond acceptors (Lipinski definition) is 3. The van der Waals surface area contributed by atoms with E-state index in [0.717, 1.165) is 20.4 Å². The largest absolute Gasteiger partial charge is 0.381 e. The Labute approximate surface area is 116 Å². The van der Waals surface area contributed by atoms with E-state index in [9.17, 15) is 4.79 Å². The molecule has 1 aromatic rings. The summed E-state index contributed by atoms with van der Waals surface area (Å²) in [6.07, 6.45) is 0.839. The summed E-state index contributed by atoms with van der Waals surface area (Å²) in [7, 11) is 0. The summed E-state index contributed by atoms with van der Waals surface area (Å²) in [5.74, 6) is -0.0174. The first-order chi connectivity index (χ1) is 7.74. The second kappa shape index (κ2) is 8.22. The topological polar surface area (TPSA) is 38.3 Å². The van der Waals surface area contributed by atoms with Crippen LogP contribution in [0.2, 0.25) is 0 Å². The third-order valence-corrected chi connectivity index (χ3v) is 3.72.